The zero-order valence-electron chi connectivity index (χ0n) is 22.5. The Morgan fingerprint density at radius 3 is 1.84 bits per heavy atom. The number of carboxylic acids is 1. The first-order valence-corrected chi connectivity index (χ1v) is 12.4. The number of rotatable bonds is 13. The van der Waals surface area contributed by atoms with E-state index in [0.717, 1.165) is 0 Å². The molecule has 1 aromatic rings. The van der Waals surface area contributed by atoms with Crippen LogP contribution in [0.25, 0.3) is 0 Å². The minimum atomic E-state index is -1.38. The van der Waals surface area contributed by atoms with E-state index in [9.17, 15) is 24.3 Å². The average molecular weight is 526 g/mol. The molecule has 0 aliphatic carbocycles. The summed E-state index contributed by atoms with van der Waals surface area (Å²) in [4.78, 5) is 48.3. The molecule has 0 bridgehead atoms. The molecule has 0 fully saturated rings. The third-order valence-electron chi connectivity index (χ3n) is 5.73. The van der Waals surface area contributed by atoms with Gasteiger partial charge in [-0.05, 0) is 50.3 Å². The lowest BCUT2D eigenvalue weighted by Crippen LogP contribution is -2.40. The van der Waals surface area contributed by atoms with Crippen molar-refractivity contribution < 1.29 is 48.0 Å². The number of nitrogens with two attached hydrogens (primary N) is 1. The lowest BCUT2D eigenvalue weighted by molar-refractivity contribution is -0.149. The quantitative estimate of drug-likeness (QED) is 0.209. The van der Waals surface area contributed by atoms with Crippen molar-refractivity contribution in [1.29, 1.82) is 0 Å². The first kappa shape index (κ1) is 31.7. The molecule has 5 atom stereocenters. The fourth-order valence-corrected chi connectivity index (χ4v) is 3.15. The van der Waals surface area contributed by atoms with Gasteiger partial charge < -0.3 is 34.5 Å². The minimum Gasteiger partial charge on any atom is -0.480 e. The Balaban J connectivity index is 3.39. The first-order valence-electron chi connectivity index (χ1n) is 12.4. The summed E-state index contributed by atoms with van der Waals surface area (Å²) in [7, 11) is 0. The summed E-state index contributed by atoms with van der Waals surface area (Å²) < 4.78 is 26.1. The first-order chi connectivity index (χ1) is 17.3. The third-order valence-corrected chi connectivity index (χ3v) is 5.73. The molecule has 0 aromatic heterocycles. The van der Waals surface area contributed by atoms with Gasteiger partial charge in [0.15, 0.2) is 11.5 Å². The fourth-order valence-electron chi connectivity index (χ4n) is 3.15. The highest BCUT2D eigenvalue weighted by Gasteiger charge is 2.33. The van der Waals surface area contributed by atoms with Gasteiger partial charge in [0.1, 0.15) is 18.2 Å². The number of hydrogen-bond acceptors (Lipinski definition) is 10. The third kappa shape index (κ3) is 10.3. The molecule has 0 spiro atoms. The van der Waals surface area contributed by atoms with E-state index in [-0.39, 0.29) is 24.0 Å². The number of hydrogen-bond donors (Lipinski definition) is 2. The lowest BCUT2D eigenvalue weighted by Gasteiger charge is -2.28. The fraction of sp³-hybridized carbons (Fsp3) is 0.615. The van der Waals surface area contributed by atoms with E-state index >= 15 is 0 Å². The van der Waals surface area contributed by atoms with Crippen LogP contribution >= 0.6 is 0 Å². The number of aliphatic carboxylic acids is 1. The molecule has 0 heterocycles. The van der Waals surface area contributed by atoms with Crippen LogP contribution in [0.1, 0.15) is 72.8 Å². The normalized spacial score (nSPS) is 15.1. The van der Waals surface area contributed by atoms with Gasteiger partial charge in [0, 0.05) is 5.92 Å². The summed E-state index contributed by atoms with van der Waals surface area (Å²) in [6.07, 6.45) is -1.77. The molecule has 0 amide bonds. The van der Waals surface area contributed by atoms with Crippen molar-refractivity contribution in [3.63, 3.8) is 0 Å². The number of ether oxygens (including phenoxy) is 5. The maximum Gasteiger partial charge on any atom is 0.514 e. The zero-order valence-corrected chi connectivity index (χ0v) is 22.5. The maximum atomic E-state index is 12.3. The van der Waals surface area contributed by atoms with Gasteiger partial charge in [-0.1, -0.05) is 40.7 Å². The van der Waals surface area contributed by atoms with E-state index in [1.165, 1.54) is 18.2 Å². The van der Waals surface area contributed by atoms with Crippen LogP contribution in [0.3, 0.4) is 0 Å². The van der Waals surface area contributed by atoms with Crippen molar-refractivity contribution in [2.24, 2.45) is 17.6 Å². The zero-order chi connectivity index (χ0) is 28.3. The molecule has 0 radical (unpaired) electrons. The van der Waals surface area contributed by atoms with Crippen LogP contribution in [0.15, 0.2) is 18.2 Å². The number of carbonyl (C=O) groups is 4. The Morgan fingerprint density at radius 1 is 0.865 bits per heavy atom. The second-order valence-corrected chi connectivity index (χ2v) is 9.24. The van der Waals surface area contributed by atoms with Crippen molar-refractivity contribution in [3.8, 4) is 11.5 Å². The maximum absolute atomic E-state index is 12.3. The molecule has 0 saturated heterocycles. The molecular weight excluding hydrogens is 486 g/mol. The van der Waals surface area contributed by atoms with Crippen molar-refractivity contribution in [2.45, 2.75) is 85.5 Å². The summed E-state index contributed by atoms with van der Waals surface area (Å²) in [5.41, 5.74) is 6.36. The SMILES string of the molecule is CCC(C)OC(=O)Oc1ccc(C(C(C)COC(=O)C(C)C)[C@H](N)C(=O)O)cc1OC(=O)OC(C)CC. The molecule has 1 rings (SSSR count). The standard InChI is InChI=1S/C26H39NO10/c1-8-16(6)34-25(31)36-19-11-10-18(12-20(19)37-26(32)35-17(7)9-2)21(22(27)23(28)29)15(5)13-33-24(30)14(3)4/h10-12,14-17,21-22H,8-9,13,27H2,1-7H3,(H,28,29)/t15?,16?,17?,21?,22-/m0/s1. The van der Waals surface area contributed by atoms with Gasteiger partial charge in [-0.3, -0.25) is 9.59 Å². The van der Waals surface area contributed by atoms with Crippen LogP contribution < -0.4 is 15.2 Å². The number of esters is 1. The van der Waals surface area contributed by atoms with E-state index in [1.807, 2.05) is 13.8 Å². The Bertz CT molecular complexity index is 932. The van der Waals surface area contributed by atoms with E-state index in [1.54, 1.807) is 34.6 Å². The van der Waals surface area contributed by atoms with Gasteiger partial charge >= 0.3 is 24.2 Å². The van der Waals surface area contributed by atoms with Gasteiger partial charge in [-0.25, -0.2) is 9.59 Å². The highest BCUT2D eigenvalue weighted by molar-refractivity contribution is 5.75. The lowest BCUT2D eigenvalue weighted by atomic mass is 9.82. The molecule has 1 aromatic carbocycles. The van der Waals surface area contributed by atoms with Crippen LogP contribution in [-0.2, 0) is 23.8 Å². The number of carboxylic acid groups (broad SMARTS) is 1. The van der Waals surface area contributed by atoms with Gasteiger partial charge in [0.25, 0.3) is 0 Å². The van der Waals surface area contributed by atoms with Gasteiger partial charge in [0.2, 0.25) is 0 Å². The minimum absolute atomic E-state index is 0.0889. The van der Waals surface area contributed by atoms with Gasteiger partial charge in [-0.2, -0.15) is 0 Å². The number of carbonyl (C=O) groups excluding carboxylic acids is 3. The Morgan fingerprint density at radius 2 is 1.38 bits per heavy atom. The summed E-state index contributed by atoms with van der Waals surface area (Å²) in [5, 5.41) is 9.63. The smallest absolute Gasteiger partial charge is 0.480 e. The summed E-state index contributed by atoms with van der Waals surface area (Å²) in [6.45, 7) is 12.0. The molecule has 0 aliphatic rings. The Kier molecular flexibility index (Phi) is 12.9. The highest BCUT2D eigenvalue weighted by atomic mass is 16.7. The summed E-state index contributed by atoms with van der Waals surface area (Å²) in [5.74, 6) is -3.79. The molecular formula is C26H39NO10. The average Bonchev–Trinajstić information content (AvgIpc) is 2.83. The Labute approximate surface area is 217 Å². The molecule has 208 valence electrons. The topological polar surface area (TPSA) is 161 Å². The predicted molar refractivity (Wildman–Crippen MR) is 133 cm³/mol. The largest absolute Gasteiger partial charge is 0.514 e. The molecule has 3 N–H and O–H groups in total. The predicted octanol–water partition coefficient (Wildman–Crippen LogP) is 4.65. The van der Waals surface area contributed by atoms with E-state index in [4.69, 9.17) is 29.4 Å². The van der Waals surface area contributed by atoms with E-state index in [0.29, 0.717) is 18.4 Å². The molecule has 0 aliphatic heterocycles. The Hall–Kier alpha value is -3.34. The molecule has 4 unspecified atom stereocenters. The van der Waals surface area contributed by atoms with Crippen molar-refractivity contribution >= 4 is 24.2 Å². The van der Waals surface area contributed by atoms with Gasteiger partial charge in [-0.15, -0.1) is 0 Å². The van der Waals surface area contributed by atoms with E-state index < -0.39 is 54.3 Å². The van der Waals surface area contributed by atoms with Gasteiger partial charge in [0.05, 0.1) is 12.5 Å². The summed E-state index contributed by atoms with van der Waals surface area (Å²) in [6, 6.07) is 2.80. The molecule has 0 saturated carbocycles. The summed E-state index contributed by atoms with van der Waals surface area (Å²) >= 11 is 0. The number of benzene rings is 1. The molecule has 11 nitrogen and oxygen atoms in total. The molecule has 11 heteroatoms. The van der Waals surface area contributed by atoms with Crippen molar-refractivity contribution in [1.82, 2.24) is 0 Å². The second-order valence-electron chi connectivity index (χ2n) is 9.24. The van der Waals surface area contributed by atoms with E-state index in [2.05, 4.69) is 0 Å². The van der Waals surface area contributed by atoms with Crippen LogP contribution in [0, 0.1) is 11.8 Å². The van der Waals surface area contributed by atoms with Crippen LogP contribution in [0.2, 0.25) is 0 Å². The molecule has 37 heavy (non-hydrogen) atoms. The monoisotopic (exact) mass is 525 g/mol. The van der Waals surface area contributed by atoms with Crippen LogP contribution in [-0.4, -0.2) is 54.2 Å². The van der Waals surface area contributed by atoms with Crippen LogP contribution in [0.5, 0.6) is 11.5 Å². The van der Waals surface area contributed by atoms with Crippen molar-refractivity contribution in [3.05, 3.63) is 23.8 Å². The second kappa shape index (κ2) is 15.0. The van der Waals surface area contributed by atoms with Crippen LogP contribution in [0.4, 0.5) is 9.59 Å². The van der Waals surface area contributed by atoms with Crippen molar-refractivity contribution in [2.75, 3.05) is 6.61 Å². The highest BCUT2D eigenvalue weighted by Crippen LogP contribution is 2.36.